The minimum absolute atomic E-state index is 0.105. The Morgan fingerprint density at radius 2 is 1.52 bits per heavy atom. The first-order valence-electron chi connectivity index (χ1n) is 8.75. The van der Waals surface area contributed by atoms with Crippen LogP contribution in [0.2, 0.25) is 0 Å². The van der Waals surface area contributed by atoms with Crippen molar-refractivity contribution in [2.75, 3.05) is 16.8 Å². The van der Waals surface area contributed by atoms with Gasteiger partial charge in [0.1, 0.15) is 6.33 Å². The molecule has 0 spiro atoms. The van der Waals surface area contributed by atoms with E-state index in [9.17, 15) is 10.1 Å². The van der Waals surface area contributed by atoms with Gasteiger partial charge in [-0.15, -0.1) is 0 Å². The van der Waals surface area contributed by atoms with Crippen molar-refractivity contribution in [2.45, 2.75) is 20.0 Å². The van der Waals surface area contributed by atoms with E-state index in [1.54, 1.807) is 0 Å². The van der Waals surface area contributed by atoms with Crippen LogP contribution in [-0.2, 0) is 13.1 Å². The van der Waals surface area contributed by atoms with Gasteiger partial charge in [-0.25, -0.2) is 9.97 Å². The monoisotopic (exact) mass is 363 g/mol. The quantitative estimate of drug-likeness (QED) is 0.481. The van der Waals surface area contributed by atoms with Crippen molar-refractivity contribution in [1.82, 2.24) is 9.97 Å². The maximum absolute atomic E-state index is 11.8. The molecule has 0 aliphatic heterocycles. The number of aromatic nitrogens is 2. The molecule has 1 N–H and O–H groups in total. The van der Waals surface area contributed by atoms with Gasteiger partial charge in [-0.3, -0.25) is 10.1 Å². The molecule has 27 heavy (non-hydrogen) atoms. The lowest BCUT2D eigenvalue weighted by atomic mass is 10.1. The van der Waals surface area contributed by atoms with E-state index in [1.807, 2.05) is 72.5 Å². The Morgan fingerprint density at radius 1 is 0.963 bits per heavy atom. The Balaban J connectivity index is 2.04. The van der Waals surface area contributed by atoms with Gasteiger partial charge in [-0.2, -0.15) is 0 Å². The number of anilines is 2. The third kappa shape index (κ3) is 4.58. The van der Waals surface area contributed by atoms with Crippen LogP contribution in [0.5, 0.6) is 0 Å². The second-order valence-electron chi connectivity index (χ2n) is 6.01. The molecule has 0 radical (unpaired) electrons. The van der Waals surface area contributed by atoms with Gasteiger partial charge >= 0.3 is 5.69 Å². The Hall–Kier alpha value is -3.48. The van der Waals surface area contributed by atoms with Crippen LogP contribution in [0.4, 0.5) is 17.3 Å². The van der Waals surface area contributed by atoms with E-state index in [1.165, 1.54) is 6.33 Å². The number of benzene rings is 2. The summed E-state index contributed by atoms with van der Waals surface area (Å²) in [5.74, 6) is 0.539. The molecule has 0 saturated heterocycles. The molecule has 2 aromatic carbocycles. The van der Waals surface area contributed by atoms with Crippen LogP contribution in [0, 0.1) is 10.1 Å². The molecule has 0 saturated carbocycles. The topological polar surface area (TPSA) is 84.2 Å². The predicted octanol–water partition coefficient (Wildman–Crippen LogP) is 4.02. The number of hydrogen-bond acceptors (Lipinski definition) is 6. The summed E-state index contributed by atoms with van der Waals surface area (Å²) in [6.07, 6.45) is 1.36. The Labute approximate surface area is 157 Å². The lowest BCUT2D eigenvalue weighted by molar-refractivity contribution is -0.383. The second-order valence-corrected chi connectivity index (χ2v) is 6.01. The molecule has 0 amide bonds. The van der Waals surface area contributed by atoms with Crippen LogP contribution in [0.25, 0.3) is 0 Å². The predicted molar refractivity (Wildman–Crippen MR) is 106 cm³/mol. The maximum Gasteiger partial charge on any atom is 0.353 e. The zero-order chi connectivity index (χ0) is 19.1. The Kier molecular flexibility index (Phi) is 5.94. The molecule has 3 rings (SSSR count). The van der Waals surface area contributed by atoms with Gasteiger partial charge in [0.2, 0.25) is 11.6 Å². The van der Waals surface area contributed by atoms with Gasteiger partial charge in [-0.1, -0.05) is 60.7 Å². The minimum Gasteiger partial charge on any atom is -0.364 e. The summed E-state index contributed by atoms with van der Waals surface area (Å²) in [5, 5.41) is 14.7. The summed E-state index contributed by atoms with van der Waals surface area (Å²) in [7, 11) is 0. The third-order valence-electron chi connectivity index (χ3n) is 4.06. The molecule has 7 nitrogen and oxygen atoms in total. The van der Waals surface area contributed by atoms with Crippen molar-refractivity contribution < 1.29 is 4.92 Å². The first-order valence-corrected chi connectivity index (χ1v) is 8.75. The smallest absolute Gasteiger partial charge is 0.353 e. The first kappa shape index (κ1) is 18.3. The van der Waals surface area contributed by atoms with E-state index in [0.29, 0.717) is 25.5 Å². The second kappa shape index (κ2) is 8.75. The highest BCUT2D eigenvalue weighted by atomic mass is 16.6. The zero-order valence-electron chi connectivity index (χ0n) is 15.1. The number of nitrogens with zero attached hydrogens (tertiary/aromatic N) is 4. The fraction of sp³-hybridized carbons (Fsp3) is 0.200. The third-order valence-corrected chi connectivity index (χ3v) is 4.06. The summed E-state index contributed by atoms with van der Waals surface area (Å²) in [4.78, 5) is 21.6. The highest BCUT2D eigenvalue weighted by molar-refractivity contribution is 5.70. The van der Waals surface area contributed by atoms with Gasteiger partial charge < -0.3 is 10.2 Å². The van der Waals surface area contributed by atoms with Crippen molar-refractivity contribution in [2.24, 2.45) is 0 Å². The Bertz CT molecular complexity index is 846. The molecule has 0 unspecified atom stereocenters. The molecule has 0 fully saturated rings. The molecule has 0 atom stereocenters. The van der Waals surface area contributed by atoms with E-state index in [-0.39, 0.29) is 11.5 Å². The van der Waals surface area contributed by atoms with E-state index >= 15 is 0 Å². The lowest BCUT2D eigenvalue weighted by Gasteiger charge is -2.24. The van der Waals surface area contributed by atoms with Gasteiger partial charge in [0, 0.05) is 19.6 Å². The first-order chi connectivity index (χ1) is 13.2. The summed E-state index contributed by atoms with van der Waals surface area (Å²) < 4.78 is 0. The van der Waals surface area contributed by atoms with Crippen LogP contribution in [0.15, 0.2) is 67.0 Å². The van der Waals surface area contributed by atoms with Crippen molar-refractivity contribution in [3.8, 4) is 0 Å². The highest BCUT2D eigenvalue weighted by Gasteiger charge is 2.27. The summed E-state index contributed by atoms with van der Waals surface area (Å²) in [6.45, 7) is 3.41. The molecule has 1 heterocycles. The molecule has 0 bridgehead atoms. The largest absolute Gasteiger partial charge is 0.364 e. The fourth-order valence-corrected chi connectivity index (χ4v) is 2.88. The molecule has 7 heteroatoms. The van der Waals surface area contributed by atoms with Crippen LogP contribution < -0.4 is 10.2 Å². The minimum atomic E-state index is -0.420. The summed E-state index contributed by atoms with van der Waals surface area (Å²) >= 11 is 0. The average Bonchev–Trinajstić information content (AvgIpc) is 2.69. The fourth-order valence-electron chi connectivity index (χ4n) is 2.88. The van der Waals surface area contributed by atoms with Crippen molar-refractivity contribution in [1.29, 1.82) is 0 Å². The van der Waals surface area contributed by atoms with Gasteiger partial charge in [0.15, 0.2) is 0 Å². The molecule has 138 valence electrons. The normalized spacial score (nSPS) is 10.4. The average molecular weight is 363 g/mol. The SMILES string of the molecule is CCNc1ncnc(N(Cc2ccccc2)Cc2ccccc2)c1[N+](=O)[O-]. The van der Waals surface area contributed by atoms with Gasteiger partial charge in [0.25, 0.3) is 0 Å². The molecule has 1 aromatic heterocycles. The summed E-state index contributed by atoms with van der Waals surface area (Å²) in [6, 6.07) is 19.7. The number of nitro groups is 1. The van der Waals surface area contributed by atoms with Crippen molar-refractivity contribution in [3.05, 3.63) is 88.2 Å². The number of hydrogen-bond donors (Lipinski definition) is 1. The zero-order valence-corrected chi connectivity index (χ0v) is 15.1. The van der Waals surface area contributed by atoms with Crippen LogP contribution in [-0.4, -0.2) is 21.4 Å². The highest BCUT2D eigenvalue weighted by Crippen LogP contribution is 2.33. The summed E-state index contributed by atoms with van der Waals surface area (Å²) in [5.41, 5.74) is 1.99. The lowest BCUT2D eigenvalue weighted by Crippen LogP contribution is -2.25. The van der Waals surface area contributed by atoms with E-state index in [4.69, 9.17) is 0 Å². The van der Waals surface area contributed by atoms with E-state index in [0.717, 1.165) is 11.1 Å². The van der Waals surface area contributed by atoms with E-state index in [2.05, 4.69) is 15.3 Å². The van der Waals surface area contributed by atoms with Crippen LogP contribution in [0.3, 0.4) is 0 Å². The molecule has 0 aliphatic carbocycles. The van der Waals surface area contributed by atoms with Crippen molar-refractivity contribution in [3.63, 3.8) is 0 Å². The van der Waals surface area contributed by atoms with E-state index < -0.39 is 4.92 Å². The van der Waals surface area contributed by atoms with Gasteiger partial charge in [0.05, 0.1) is 4.92 Å². The molecule has 3 aromatic rings. The van der Waals surface area contributed by atoms with Crippen molar-refractivity contribution >= 4 is 17.3 Å². The van der Waals surface area contributed by atoms with Crippen LogP contribution in [0.1, 0.15) is 18.1 Å². The van der Waals surface area contributed by atoms with Gasteiger partial charge in [-0.05, 0) is 18.1 Å². The number of nitrogens with one attached hydrogen (secondary N) is 1. The molecule has 0 aliphatic rings. The maximum atomic E-state index is 11.8. The molecular weight excluding hydrogens is 342 g/mol. The molecular formula is C20H21N5O2. The van der Waals surface area contributed by atoms with Crippen LogP contribution >= 0.6 is 0 Å². The Morgan fingerprint density at radius 3 is 2.00 bits per heavy atom. The standard InChI is InChI=1S/C20H21N5O2/c1-2-21-19-18(25(26)27)20(23-15-22-19)24(13-16-9-5-3-6-10-16)14-17-11-7-4-8-12-17/h3-12,15H,2,13-14H2,1H3,(H,21,22,23). The number of rotatable bonds is 8.